The molecule has 3 rings (SSSR count). The van der Waals surface area contributed by atoms with Crippen LogP contribution in [0.3, 0.4) is 0 Å². The Bertz CT molecular complexity index is 848. The van der Waals surface area contributed by atoms with Crippen molar-refractivity contribution in [3.8, 4) is 5.75 Å². The Morgan fingerprint density at radius 2 is 2.17 bits per heavy atom. The molecule has 1 aromatic heterocycles. The fraction of sp³-hybridized carbons (Fsp3) is 0.214. The topological polar surface area (TPSA) is 88.9 Å². The number of carbonyl (C=O) groups is 1. The summed E-state index contributed by atoms with van der Waals surface area (Å²) in [5, 5.41) is 2.57. The van der Waals surface area contributed by atoms with E-state index in [0.717, 1.165) is 4.31 Å². The van der Waals surface area contributed by atoms with Gasteiger partial charge in [-0.25, -0.2) is 8.42 Å². The molecule has 1 amide bonds. The molecule has 2 heterocycles. The summed E-state index contributed by atoms with van der Waals surface area (Å²) in [7, 11) is -2.42. The lowest BCUT2D eigenvalue weighted by Gasteiger charge is -2.21. The first-order chi connectivity index (χ1) is 10.9. The predicted octanol–water partition coefficient (Wildman–Crippen LogP) is 2.08. The van der Waals surface area contributed by atoms with Gasteiger partial charge in [0, 0.05) is 13.1 Å². The summed E-state index contributed by atoms with van der Waals surface area (Å²) in [5.41, 5.74) is 0.346. The highest BCUT2D eigenvalue weighted by Crippen LogP contribution is 2.36. The van der Waals surface area contributed by atoms with E-state index in [1.165, 1.54) is 25.4 Å². The molecule has 0 saturated carbocycles. The van der Waals surface area contributed by atoms with Crippen LogP contribution in [0.4, 0.5) is 5.69 Å². The van der Waals surface area contributed by atoms with Gasteiger partial charge in [0.2, 0.25) is 10.0 Å². The van der Waals surface area contributed by atoms with Crippen molar-refractivity contribution in [2.24, 2.45) is 0 Å². The maximum absolute atomic E-state index is 12.7. The van der Waals surface area contributed by atoms with E-state index in [-0.39, 0.29) is 34.7 Å². The second kappa shape index (κ2) is 5.88. The first-order valence-electron chi connectivity index (χ1n) is 6.63. The molecule has 1 aliphatic rings. The second-order valence-electron chi connectivity index (χ2n) is 4.96. The number of nitrogens with one attached hydrogen (secondary N) is 1. The Labute approximate surface area is 137 Å². The monoisotopic (exact) mass is 356 g/mol. The summed E-state index contributed by atoms with van der Waals surface area (Å²) in [5.74, 6) is 0.451. The van der Waals surface area contributed by atoms with Crippen molar-refractivity contribution in [1.82, 2.24) is 4.31 Å². The molecule has 1 N–H and O–H groups in total. The van der Waals surface area contributed by atoms with Gasteiger partial charge in [-0.3, -0.25) is 4.79 Å². The van der Waals surface area contributed by atoms with Crippen LogP contribution in [-0.4, -0.2) is 32.3 Å². The number of benzene rings is 1. The van der Waals surface area contributed by atoms with Crippen molar-refractivity contribution in [1.29, 1.82) is 0 Å². The fourth-order valence-electron chi connectivity index (χ4n) is 2.15. The van der Waals surface area contributed by atoms with E-state index in [2.05, 4.69) is 5.32 Å². The maximum atomic E-state index is 12.7. The number of ether oxygens (including phenoxy) is 1. The van der Waals surface area contributed by atoms with E-state index in [0.29, 0.717) is 11.4 Å². The van der Waals surface area contributed by atoms with Crippen LogP contribution in [0, 0.1) is 0 Å². The zero-order chi connectivity index (χ0) is 16.6. The quantitative estimate of drug-likeness (QED) is 0.906. The average Bonchev–Trinajstić information content (AvgIpc) is 2.99. The third kappa shape index (κ3) is 3.05. The van der Waals surface area contributed by atoms with Crippen LogP contribution in [0.25, 0.3) is 0 Å². The number of nitrogens with zero attached hydrogens (tertiary/aromatic N) is 1. The molecule has 23 heavy (non-hydrogen) atoms. The fourth-order valence-corrected chi connectivity index (χ4v) is 3.80. The molecule has 122 valence electrons. The van der Waals surface area contributed by atoms with Gasteiger partial charge in [0.05, 0.1) is 23.5 Å². The van der Waals surface area contributed by atoms with Crippen LogP contribution < -0.4 is 10.1 Å². The third-order valence-electron chi connectivity index (χ3n) is 3.31. The SMILES string of the molecule is CN(Cc1ccco1)S(=O)(=O)c1cc2c(cc1Cl)NC(=O)CO2. The molecular formula is C14H13ClN2O5S. The van der Waals surface area contributed by atoms with Gasteiger partial charge in [0.1, 0.15) is 16.4 Å². The largest absolute Gasteiger partial charge is 0.482 e. The zero-order valence-corrected chi connectivity index (χ0v) is 13.6. The minimum atomic E-state index is -3.84. The number of rotatable bonds is 4. The van der Waals surface area contributed by atoms with Crippen molar-refractivity contribution < 1.29 is 22.4 Å². The molecule has 0 unspecified atom stereocenters. The Hall–Kier alpha value is -2.03. The van der Waals surface area contributed by atoms with Crippen molar-refractivity contribution in [2.45, 2.75) is 11.4 Å². The molecule has 1 aliphatic heterocycles. The number of hydrogen-bond acceptors (Lipinski definition) is 5. The summed E-state index contributed by atoms with van der Waals surface area (Å²) < 4.78 is 36.9. The average molecular weight is 357 g/mol. The zero-order valence-electron chi connectivity index (χ0n) is 12.1. The molecule has 0 spiro atoms. The summed E-state index contributed by atoms with van der Waals surface area (Å²) >= 11 is 6.08. The van der Waals surface area contributed by atoms with Crippen LogP contribution in [0.1, 0.15) is 5.76 Å². The van der Waals surface area contributed by atoms with Gasteiger partial charge < -0.3 is 14.5 Å². The molecule has 0 radical (unpaired) electrons. The number of anilines is 1. The van der Waals surface area contributed by atoms with Crippen molar-refractivity contribution in [3.05, 3.63) is 41.3 Å². The van der Waals surface area contributed by atoms with E-state index in [1.807, 2.05) is 0 Å². The molecule has 9 heteroatoms. The molecule has 0 atom stereocenters. The number of sulfonamides is 1. The standard InChI is InChI=1S/C14H13ClN2O5S/c1-17(7-9-3-2-4-21-9)23(19,20)13-6-12-11(5-10(13)15)16-14(18)8-22-12/h2-6H,7-8H2,1H3,(H,16,18). The third-order valence-corrected chi connectivity index (χ3v) is 5.58. The maximum Gasteiger partial charge on any atom is 0.262 e. The van der Waals surface area contributed by atoms with Crippen LogP contribution in [0.2, 0.25) is 5.02 Å². The summed E-state index contributed by atoms with van der Waals surface area (Å²) in [6.45, 7) is -0.101. The van der Waals surface area contributed by atoms with E-state index in [9.17, 15) is 13.2 Å². The first kappa shape index (κ1) is 15.9. The first-order valence-corrected chi connectivity index (χ1v) is 8.44. The van der Waals surface area contributed by atoms with Gasteiger partial charge in [-0.05, 0) is 18.2 Å². The lowest BCUT2D eigenvalue weighted by Crippen LogP contribution is -2.28. The minimum absolute atomic E-state index is 0.000782. The number of halogens is 1. The van der Waals surface area contributed by atoms with Gasteiger partial charge in [-0.15, -0.1) is 0 Å². The highest BCUT2D eigenvalue weighted by atomic mass is 35.5. The van der Waals surface area contributed by atoms with Crippen LogP contribution in [0.15, 0.2) is 39.8 Å². The van der Waals surface area contributed by atoms with Gasteiger partial charge >= 0.3 is 0 Å². The highest BCUT2D eigenvalue weighted by Gasteiger charge is 2.28. The predicted molar refractivity (Wildman–Crippen MR) is 82.9 cm³/mol. The smallest absolute Gasteiger partial charge is 0.262 e. The Balaban J connectivity index is 1.95. The van der Waals surface area contributed by atoms with E-state index in [1.54, 1.807) is 12.1 Å². The Morgan fingerprint density at radius 3 is 2.87 bits per heavy atom. The Morgan fingerprint density at radius 1 is 1.39 bits per heavy atom. The van der Waals surface area contributed by atoms with E-state index >= 15 is 0 Å². The summed E-state index contributed by atoms with van der Waals surface area (Å²) in [4.78, 5) is 11.2. The molecular weight excluding hydrogens is 344 g/mol. The number of amides is 1. The molecule has 2 aromatic rings. The number of hydrogen-bond donors (Lipinski definition) is 1. The van der Waals surface area contributed by atoms with Gasteiger partial charge in [-0.2, -0.15) is 4.31 Å². The second-order valence-corrected chi connectivity index (χ2v) is 7.38. The molecule has 0 fully saturated rings. The van der Waals surface area contributed by atoms with E-state index in [4.69, 9.17) is 20.8 Å². The lowest BCUT2D eigenvalue weighted by molar-refractivity contribution is -0.118. The lowest BCUT2D eigenvalue weighted by atomic mass is 10.2. The van der Waals surface area contributed by atoms with Gasteiger partial charge in [0.25, 0.3) is 5.91 Å². The minimum Gasteiger partial charge on any atom is -0.482 e. The summed E-state index contributed by atoms with van der Waals surface area (Å²) in [6, 6.07) is 6.03. The molecule has 1 aromatic carbocycles. The molecule has 7 nitrogen and oxygen atoms in total. The van der Waals surface area contributed by atoms with Crippen molar-refractivity contribution in [2.75, 3.05) is 19.0 Å². The van der Waals surface area contributed by atoms with Gasteiger partial charge in [0.15, 0.2) is 6.61 Å². The number of fused-ring (bicyclic) bond motifs is 1. The normalized spacial score (nSPS) is 14.3. The Kier molecular flexibility index (Phi) is 4.05. The van der Waals surface area contributed by atoms with Crippen molar-refractivity contribution >= 4 is 33.2 Å². The van der Waals surface area contributed by atoms with Gasteiger partial charge in [-0.1, -0.05) is 11.6 Å². The van der Waals surface area contributed by atoms with Crippen LogP contribution in [0.5, 0.6) is 5.75 Å². The van der Waals surface area contributed by atoms with Crippen molar-refractivity contribution in [3.63, 3.8) is 0 Å². The summed E-state index contributed by atoms with van der Waals surface area (Å²) in [6.07, 6.45) is 1.47. The molecule has 0 saturated heterocycles. The van der Waals surface area contributed by atoms with E-state index < -0.39 is 10.0 Å². The molecule has 0 bridgehead atoms. The highest BCUT2D eigenvalue weighted by molar-refractivity contribution is 7.89. The number of furan rings is 1. The molecule has 0 aliphatic carbocycles. The van der Waals surface area contributed by atoms with Crippen LogP contribution >= 0.6 is 11.6 Å². The number of carbonyl (C=O) groups excluding carboxylic acids is 1. The van der Waals surface area contributed by atoms with Crippen LogP contribution in [-0.2, 0) is 21.4 Å².